The molecule has 260 valence electrons. The summed E-state index contributed by atoms with van der Waals surface area (Å²) < 4.78 is 22.4. The lowest BCUT2D eigenvalue weighted by atomic mass is 10.1. The van der Waals surface area contributed by atoms with E-state index >= 15 is 0 Å². The molecule has 0 aliphatic carbocycles. The van der Waals surface area contributed by atoms with Crippen molar-refractivity contribution in [3.05, 3.63) is 97.1 Å². The molecule has 4 aromatic carbocycles. The molecule has 0 radical (unpaired) electrons. The Hall–Kier alpha value is -4.72. The van der Waals surface area contributed by atoms with Gasteiger partial charge in [-0.1, -0.05) is 63.5 Å². The summed E-state index contributed by atoms with van der Waals surface area (Å²) >= 11 is 0. The van der Waals surface area contributed by atoms with Crippen LogP contribution in [0.4, 0.5) is 0 Å². The molecule has 0 saturated carbocycles. The highest BCUT2D eigenvalue weighted by Gasteiger charge is 1.99. The molecule has 8 nitrogen and oxygen atoms in total. The summed E-state index contributed by atoms with van der Waals surface area (Å²) in [4.78, 5) is 0. The summed E-state index contributed by atoms with van der Waals surface area (Å²) in [5, 5.41) is 37.1. The molecule has 4 aromatic rings. The highest BCUT2D eigenvalue weighted by Crippen LogP contribution is 2.20. The van der Waals surface area contributed by atoms with Crippen molar-refractivity contribution in [3.8, 4) is 46.0 Å². The van der Waals surface area contributed by atoms with Crippen molar-refractivity contribution in [1.82, 2.24) is 0 Å². The van der Waals surface area contributed by atoms with E-state index in [1.165, 1.54) is 25.7 Å². The van der Waals surface area contributed by atoms with E-state index in [4.69, 9.17) is 18.9 Å². The Labute approximate surface area is 285 Å². The van der Waals surface area contributed by atoms with Crippen LogP contribution in [0.5, 0.6) is 46.0 Å². The van der Waals surface area contributed by atoms with E-state index in [2.05, 4.69) is 0 Å². The fourth-order valence-electron chi connectivity index (χ4n) is 4.81. The number of phenolic OH excluding ortho intramolecular Hbond substituents is 4. The molecule has 0 saturated heterocycles. The van der Waals surface area contributed by atoms with E-state index in [0.717, 1.165) is 87.6 Å². The normalized spacial score (nSPS) is 10.5. The second-order valence-corrected chi connectivity index (χ2v) is 11.6. The van der Waals surface area contributed by atoms with E-state index in [0.29, 0.717) is 13.2 Å². The Bertz CT molecular complexity index is 1270. The Kier molecular flexibility index (Phi) is 18.5. The van der Waals surface area contributed by atoms with E-state index in [1.807, 2.05) is 12.1 Å². The zero-order valence-electron chi connectivity index (χ0n) is 28.0. The van der Waals surface area contributed by atoms with Gasteiger partial charge in [-0.2, -0.15) is 0 Å². The predicted octanol–water partition coefficient (Wildman–Crippen LogP) is 9.79. The van der Waals surface area contributed by atoms with Gasteiger partial charge in [-0.25, -0.2) is 0 Å². The van der Waals surface area contributed by atoms with E-state index in [-0.39, 0.29) is 23.0 Å². The molecule has 0 aliphatic heterocycles. The number of hydrogen-bond acceptors (Lipinski definition) is 8. The Morgan fingerprint density at radius 3 is 0.896 bits per heavy atom. The van der Waals surface area contributed by atoms with Gasteiger partial charge in [-0.15, -0.1) is 0 Å². The first kappa shape index (κ1) is 37.7. The topological polar surface area (TPSA) is 118 Å². The molecular formula is C40H52O8. The van der Waals surface area contributed by atoms with Crippen LogP contribution in [0.2, 0.25) is 0 Å². The second-order valence-electron chi connectivity index (χ2n) is 11.6. The number of phenols is 4. The highest BCUT2D eigenvalue weighted by molar-refractivity contribution is 5.33. The van der Waals surface area contributed by atoms with Gasteiger partial charge >= 0.3 is 0 Å². The Morgan fingerprint density at radius 1 is 0.292 bits per heavy atom. The molecule has 0 bridgehead atoms. The molecule has 0 aromatic heterocycles. The zero-order valence-corrected chi connectivity index (χ0v) is 28.0. The average molecular weight is 661 g/mol. The molecule has 0 fully saturated rings. The summed E-state index contributed by atoms with van der Waals surface area (Å²) in [6.07, 6.45) is 13.5. The summed E-state index contributed by atoms with van der Waals surface area (Å²) in [6, 6.07) is 27.5. The molecule has 8 heteroatoms. The van der Waals surface area contributed by atoms with Crippen LogP contribution < -0.4 is 18.9 Å². The van der Waals surface area contributed by atoms with Crippen LogP contribution in [0.1, 0.15) is 77.0 Å². The Morgan fingerprint density at radius 2 is 0.583 bits per heavy atom. The van der Waals surface area contributed by atoms with E-state index in [1.54, 1.807) is 84.9 Å². The lowest BCUT2D eigenvalue weighted by molar-refractivity contribution is 0.295. The van der Waals surface area contributed by atoms with Gasteiger partial charge in [0.05, 0.1) is 26.4 Å². The van der Waals surface area contributed by atoms with Crippen molar-refractivity contribution in [2.24, 2.45) is 0 Å². The number of benzene rings is 4. The fourth-order valence-corrected chi connectivity index (χ4v) is 4.81. The van der Waals surface area contributed by atoms with Crippen molar-refractivity contribution in [3.63, 3.8) is 0 Å². The molecule has 0 amide bonds. The minimum Gasteiger partial charge on any atom is -0.508 e. The maximum Gasteiger partial charge on any atom is 0.122 e. The standard InChI is InChI=1S/2C20H26O4/c21-17-7-11-19(12-8-17)23-15-5-3-1-2-4-6-16-24-20-13-9-18(22)10-14-20;21-17-9-7-11-19(15-17)23-13-5-3-1-2-4-6-14-24-20-12-8-10-18(22)16-20/h7-14,21-22H,1-6,15-16H2;7-12,15-16,21-22H,1-6,13-14H2. The van der Waals surface area contributed by atoms with E-state index in [9.17, 15) is 20.4 Å². The molecule has 48 heavy (non-hydrogen) atoms. The quantitative estimate of drug-likeness (QED) is 0.0616. The first-order valence-corrected chi connectivity index (χ1v) is 17.2. The van der Waals surface area contributed by atoms with Gasteiger partial charge < -0.3 is 39.4 Å². The maximum atomic E-state index is 9.34. The highest BCUT2D eigenvalue weighted by atomic mass is 16.5. The average Bonchev–Trinajstić information content (AvgIpc) is 3.08. The third-order valence-corrected chi connectivity index (χ3v) is 7.46. The van der Waals surface area contributed by atoms with Crippen LogP contribution in [0.25, 0.3) is 0 Å². The molecule has 0 unspecified atom stereocenters. The van der Waals surface area contributed by atoms with Gasteiger partial charge in [0.15, 0.2) is 0 Å². The number of unbranched alkanes of at least 4 members (excludes halogenated alkanes) is 10. The van der Waals surface area contributed by atoms with Crippen LogP contribution in [0.3, 0.4) is 0 Å². The van der Waals surface area contributed by atoms with Crippen LogP contribution in [0.15, 0.2) is 97.1 Å². The van der Waals surface area contributed by atoms with Gasteiger partial charge in [-0.3, -0.25) is 0 Å². The first-order chi connectivity index (χ1) is 23.5. The summed E-state index contributed by atoms with van der Waals surface area (Å²) in [6.45, 7) is 2.80. The lowest BCUT2D eigenvalue weighted by Crippen LogP contribution is -1.98. The van der Waals surface area contributed by atoms with Gasteiger partial charge in [0.1, 0.15) is 46.0 Å². The van der Waals surface area contributed by atoms with Gasteiger partial charge in [-0.05, 0) is 98.5 Å². The van der Waals surface area contributed by atoms with E-state index < -0.39 is 0 Å². The minimum absolute atomic E-state index is 0.237. The van der Waals surface area contributed by atoms with Crippen molar-refractivity contribution in [1.29, 1.82) is 0 Å². The molecule has 4 N–H and O–H groups in total. The van der Waals surface area contributed by atoms with Crippen molar-refractivity contribution < 1.29 is 39.4 Å². The molecule has 0 aliphatic rings. The fraction of sp³-hybridized carbons (Fsp3) is 0.400. The summed E-state index contributed by atoms with van der Waals surface area (Å²) in [5.41, 5.74) is 0. The van der Waals surface area contributed by atoms with Crippen LogP contribution >= 0.6 is 0 Å². The molecular weight excluding hydrogens is 608 g/mol. The number of aromatic hydroxyl groups is 4. The Balaban J connectivity index is 0.000000260. The molecule has 0 spiro atoms. The minimum atomic E-state index is 0.237. The summed E-state index contributed by atoms with van der Waals surface area (Å²) in [5.74, 6) is 4.05. The first-order valence-electron chi connectivity index (χ1n) is 17.2. The van der Waals surface area contributed by atoms with Gasteiger partial charge in [0.25, 0.3) is 0 Å². The van der Waals surface area contributed by atoms with Gasteiger partial charge in [0.2, 0.25) is 0 Å². The third-order valence-electron chi connectivity index (χ3n) is 7.46. The molecule has 0 heterocycles. The number of hydrogen-bond donors (Lipinski definition) is 4. The van der Waals surface area contributed by atoms with Crippen molar-refractivity contribution in [2.75, 3.05) is 26.4 Å². The van der Waals surface area contributed by atoms with Crippen molar-refractivity contribution >= 4 is 0 Å². The smallest absolute Gasteiger partial charge is 0.122 e. The zero-order chi connectivity index (χ0) is 34.1. The third kappa shape index (κ3) is 17.8. The predicted molar refractivity (Wildman–Crippen MR) is 190 cm³/mol. The van der Waals surface area contributed by atoms with Crippen LogP contribution in [-0.2, 0) is 0 Å². The van der Waals surface area contributed by atoms with Crippen molar-refractivity contribution in [2.45, 2.75) is 77.0 Å². The number of ether oxygens (including phenoxy) is 4. The van der Waals surface area contributed by atoms with Crippen LogP contribution in [-0.4, -0.2) is 46.9 Å². The van der Waals surface area contributed by atoms with Gasteiger partial charge in [0, 0.05) is 12.1 Å². The van der Waals surface area contributed by atoms with Crippen LogP contribution in [0, 0.1) is 0 Å². The maximum absolute atomic E-state index is 9.34. The molecule has 0 atom stereocenters. The molecule has 4 rings (SSSR count). The lowest BCUT2D eigenvalue weighted by Gasteiger charge is -2.07. The largest absolute Gasteiger partial charge is 0.508 e. The summed E-state index contributed by atoms with van der Waals surface area (Å²) in [7, 11) is 0. The second kappa shape index (κ2) is 23.6. The SMILES string of the molecule is Oc1ccc(OCCCCCCCCOc2ccc(O)cc2)cc1.Oc1cccc(OCCCCCCCCOc2cccc(O)c2)c1. The monoisotopic (exact) mass is 660 g/mol. The number of rotatable bonds is 22.